The van der Waals surface area contributed by atoms with Crippen LogP contribution in [0.3, 0.4) is 0 Å². The first-order chi connectivity index (χ1) is 19.7. The fraction of sp³-hybridized carbons (Fsp3) is 0.433. The molecule has 4 bridgehead atoms. The molecule has 0 radical (unpaired) electrons. The van der Waals surface area contributed by atoms with Crippen LogP contribution in [0.5, 0.6) is 0 Å². The molecule has 3 aromatic rings. The topological polar surface area (TPSA) is 129 Å². The Morgan fingerprint density at radius 3 is 2.59 bits per heavy atom. The Morgan fingerprint density at radius 1 is 1.07 bits per heavy atom. The van der Waals surface area contributed by atoms with Crippen molar-refractivity contribution in [1.29, 1.82) is 0 Å². The van der Waals surface area contributed by atoms with E-state index in [0.29, 0.717) is 43.2 Å². The average Bonchev–Trinajstić information content (AvgIpc) is 3.61. The lowest BCUT2D eigenvalue weighted by molar-refractivity contribution is -0.123. The van der Waals surface area contributed by atoms with Gasteiger partial charge < -0.3 is 20.4 Å². The van der Waals surface area contributed by atoms with E-state index in [1.807, 2.05) is 55.2 Å². The molecule has 3 heterocycles. The summed E-state index contributed by atoms with van der Waals surface area (Å²) in [6.07, 6.45) is 4.44. The minimum atomic E-state index is -0.580. The smallest absolute Gasteiger partial charge is 0.273 e. The molecule has 4 rings (SSSR count). The quantitative estimate of drug-likeness (QED) is 0.376. The highest BCUT2D eigenvalue weighted by Crippen LogP contribution is 2.26. The number of allylic oxidation sites excluding steroid dienone is 1. The van der Waals surface area contributed by atoms with Crippen molar-refractivity contribution in [2.75, 3.05) is 26.2 Å². The van der Waals surface area contributed by atoms with E-state index < -0.39 is 18.0 Å². The lowest BCUT2D eigenvalue weighted by atomic mass is 10.0. The number of oxazole rings is 1. The molecule has 11 heteroatoms. The molecule has 3 N–H and O–H groups in total. The molecule has 1 aliphatic rings. The van der Waals surface area contributed by atoms with Crippen molar-refractivity contribution in [3.8, 4) is 0 Å². The predicted octanol–water partition coefficient (Wildman–Crippen LogP) is 4.06. The number of nitrogens with one attached hydrogen (secondary N) is 3. The highest BCUT2D eigenvalue weighted by molar-refractivity contribution is 7.09. The van der Waals surface area contributed by atoms with Crippen LogP contribution in [0.25, 0.3) is 0 Å². The number of aromatic nitrogens is 2. The van der Waals surface area contributed by atoms with Gasteiger partial charge in [0.15, 0.2) is 5.69 Å². The largest absolute Gasteiger partial charge is 0.446 e. The van der Waals surface area contributed by atoms with Crippen molar-refractivity contribution in [2.24, 2.45) is 5.92 Å². The van der Waals surface area contributed by atoms with Gasteiger partial charge in [-0.1, -0.05) is 55.8 Å². The van der Waals surface area contributed by atoms with E-state index >= 15 is 0 Å². The molecule has 218 valence electrons. The SMILES string of the molecule is CC(C)=CCN1CCNC(=O)c2csc(n2)[C@H](CC(C)C)NC(=O)c2coc(n2)[C@H](Cc2ccccc2)NC(=O)C1. The van der Waals surface area contributed by atoms with E-state index in [-0.39, 0.29) is 35.9 Å². The molecule has 0 aliphatic carbocycles. The Hall–Kier alpha value is -3.83. The number of amides is 3. The predicted molar refractivity (Wildman–Crippen MR) is 158 cm³/mol. The minimum absolute atomic E-state index is 0.108. The van der Waals surface area contributed by atoms with Gasteiger partial charge in [-0.25, -0.2) is 9.97 Å². The number of thiazole rings is 1. The number of hydrogen-bond donors (Lipinski definition) is 3. The minimum Gasteiger partial charge on any atom is -0.446 e. The summed E-state index contributed by atoms with van der Waals surface area (Å²) in [5.41, 5.74) is 2.54. The molecule has 2 aromatic heterocycles. The highest BCUT2D eigenvalue weighted by Gasteiger charge is 2.27. The van der Waals surface area contributed by atoms with Gasteiger partial charge in [-0.2, -0.15) is 0 Å². The van der Waals surface area contributed by atoms with E-state index in [4.69, 9.17) is 4.42 Å². The molecule has 0 saturated heterocycles. The van der Waals surface area contributed by atoms with Crippen LogP contribution in [0.15, 0.2) is 58.0 Å². The van der Waals surface area contributed by atoms with Crippen molar-refractivity contribution >= 4 is 29.1 Å². The first kappa shape index (κ1) is 30.1. The van der Waals surface area contributed by atoms with Crippen LogP contribution in [-0.4, -0.2) is 58.8 Å². The summed E-state index contributed by atoms with van der Waals surface area (Å²) in [6.45, 7) is 9.60. The summed E-state index contributed by atoms with van der Waals surface area (Å²) in [6, 6.07) is 8.75. The van der Waals surface area contributed by atoms with Crippen molar-refractivity contribution in [3.05, 3.63) is 81.5 Å². The Kier molecular flexibility index (Phi) is 10.4. The van der Waals surface area contributed by atoms with E-state index in [1.54, 1.807) is 5.38 Å². The molecule has 10 nitrogen and oxygen atoms in total. The molecule has 41 heavy (non-hydrogen) atoms. The fourth-order valence-electron chi connectivity index (χ4n) is 4.49. The monoisotopic (exact) mass is 578 g/mol. The first-order valence-corrected chi connectivity index (χ1v) is 14.7. The van der Waals surface area contributed by atoms with Crippen molar-refractivity contribution < 1.29 is 18.8 Å². The van der Waals surface area contributed by atoms with Crippen LogP contribution in [0.1, 0.15) is 83.6 Å². The molecule has 1 aromatic carbocycles. The van der Waals surface area contributed by atoms with Gasteiger partial charge in [0.25, 0.3) is 11.8 Å². The van der Waals surface area contributed by atoms with Crippen LogP contribution in [0.4, 0.5) is 0 Å². The molecule has 0 spiro atoms. The Morgan fingerprint density at radius 2 is 1.85 bits per heavy atom. The first-order valence-electron chi connectivity index (χ1n) is 13.9. The van der Waals surface area contributed by atoms with Gasteiger partial charge >= 0.3 is 0 Å². The number of fused-ring (bicyclic) bond motifs is 4. The highest BCUT2D eigenvalue weighted by atomic mass is 32.1. The number of carbonyl (C=O) groups excluding carboxylic acids is 3. The van der Waals surface area contributed by atoms with Gasteiger partial charge in [0, 0.05) is 31.4 Å². The van der Waals surface area contributed by atoms with Crippen molar-refractivity contribution in [2.45, 2.75) is 52.6 Å². The van der Waals surface area contributed by atoms with E-state index in [2.05, 4.69) is 39.8 Å². The van der Waals surface area contributed by atoms with Crippen LogP contribution in [-0.2, 0) is 11.2 Å². The van der Waals surface area contributed by atoms with Gasteiger partial charge in [-0.3, -0.25) is 19.3 Å². The van der Waals surface area contributed by atoms with Crippen molar-refractivity contribution in [1.82, 2.24) is 30.8 Å². The Balaban J connectivity index is 1.66. The lowest BCUT2D eigenvalue weighted by Crippen LogP contribution is -2.42. The van der Waals surface area contributed by atoms with Crippen LogP contribution in [0, 0.1) is 5.92 Å². The summed E-state index contributed by atoms with van der Waals surface area (Å²) in [5, 5.41) is 11.3. The van der Waals surface area contributed by atoms with Crippen LogP contribution < -0.4 is 16.0 Å². The second kappa shape index (κ2) is 14.2. The molecule has 0 saturated carbocycles. The van der Waals surface area contributed by atoms with Gasteiger partial charge in [0.2, 0.25) is 11.8 Å². The van der Waals surface area contributed by atoms with Gasteiger partial charge in [0.05, 0.1) is 12.6 Å². The number of benzene rings is 1. The van der Waals surface area contributed by atoms with E-state index in [0.717, 1.165) is 11.1 Å². The number of carbonyl (C=O) groups is 3. The molecular formula is C30H38N6O4S. The van der Waals surface area contributed by atoms with E-state index in [1.165, 1.54) is 17.6 Å². The molecule has 0 fully saturated rings. The second-order valence-electron chi connectivity index (χ2n) is 10.9. The maximum absolute atomic E-state index is 13.3. The van der Waals surface area contributed by atoms with Gasteiger partial charge in [-0.15, -0.1) is 11.3 Å². The zero-order valence-electron chi connectivity index (χ0n) is 24.0. The normalized spacial score (nSPS) is 19.1. The third-order valence-corrected chi connectivity index (χ3v) is 7.53. The van der Waals surface area contributed by atoms with Gasteiger partial charge in [-0.05, 0) is 31.7 Å². The van der Waals surface area contributed by atoms with Crippen LogP contribution >= 0.6 is 11.3 Å². The molecule has 0 unspecified atom stereocenters. The Bertz CT molecular complexity index is 1360. The van der Waals surface area contributed by atoms with E-state index in [9.17, 15) is 14.4 Å². The second-order valence-corrected chi connectivity index (χ2v) is 11.8. The maximum atomic E-state index is 13.3. The van der Waals surface area contributed by atoms with Crippen LogP contribution in [0.2, 0.25) is 0 Å². The summed E-state index contributed by atoms with van der Waals surface area (Å²) < 4.78 is 5.77. The third kappa shape index (κ3) is 8.83. The fourth-order valence-corrected chi connectivity index (χ4v) is 5.35. The summed E-state index contributed by atoms with van der Waals surface area (Å²) in [7, 11) is 0. The number of nitrogens with zero attached hydrogens (tertiary/aromatic N) is 3. The zero-order valence-corrected chi connectivity index (χ0v) is 24.8. The molecule has 2 atom stereocenters. The molecule has 3 amide bonds. The summed E-state index contributed by atoms with van der Waals surface area (Å²) in [5.74, 6) is -0.395. The van der Waals surface area contributed by atoms with Crippen molar-refractivity contribution in [3.63, 3.8) is 0 Å². The summed E-state index contributed by atoms with van der Waals surface area (Å²) >= 11 is 1.34. The summed E-state index contributed by atoms with van der Waals surface area (Å²) in [4.78, 5) is 50.4. The number of rotatable bonds is 6. The molecule has 1 aliphatic heterocycles. The zero-order chi connectivity index (χ0) is 29.4. The third-order valence-electron chi connectivity index (χ3n) is 6.57. The maximum Gasteiger partial charge on any atom is 0.273 e. The molecular weight excluding hydrogens is 540 g/mol. The van der Waals surface area contributed by atoms with Gasteiger partial charge in [0.1, 0.15) is 23.0 Å². The standard InChI is InChI=1S/C30H38N6O4S/c1-19(2)10-12-36-13-11-31-27(38)25-18-41-30(35-25)23(14-20(3)4)33-28(39)24-17-40-29(34-24)22(32-26(37)16-36)15-21-8-6-5-7-9-21/h5-10,17-18,20,22-23H,11-16H2,1-4H3,(H,31,38)(H,32,37)(H,33,39)/t22-,23-/m0/s1. The average molecular weight is 579 g/mol. The lowest BCUT2D eigenvalue weighted by Gasteiger charge is -2.23. The number of hydrogen-bond acceptors (Lipinski definition) is 8. The Labute approximate surface area is 244 Å².